The molecule has 0 saturated heterocycles. The lowest BCUT2D eigenvalue weighted by molar-refractivity contribution is 0.0541. The van der Waals surface area contributed by atoms with Crippen LogP contribution in [0.1, 0.15) is 18.1 Å². The molecule has 2 heteroatoms. The van der Waals surface area contributed by atoms with Crippen LogP contribution < -0.4 is 0 Å². The molecule has 1 rings (SSSR count). The molecular weight excluding hydrogens is 200 g/mol. The summed E-state index contributed by atoms with van der Waals surface area (Å²) in [5, 5.41) is 0. The Balaban J connectivity index is 2.23. The van der Waals surface area contributed by atoms with Gasteiger partial charge in [-0.05, 0) is 24.5 Å². The van der Waals surface area contributed by atoms with Gasteiger partial charge in [0.15, 0.2) is 0 Å². The zero-order valence-electron chi connectivity index (χ0n) is 9.95. The molecule has 2 nitrogen and oxygen atoms in total. The van der Waals surface area contributed by atoms with Crippen molar-refractivity contribution >= 4 is 6.08 Å². The molecule has 0 saturated carbocycles. The first-order valence-corrected chi connectivity index (χ1v) is 5.74. The van der Waals surface area contributed by atoms with Gasteiger partial charge in [0.25, 0.3) is 0 Å². The van der Waals surface area contributed by atoms with Crippen LogP contribution in [-0.4, -0.2) is 26.4 Å². The zero-order valence-corrected chi connectivity index (χ0v) is 9.95. The van der Waals surface area contributed by atoms with Crippen molar-refractivity contribution in [3.63, 3.8) is 0 Å². The summed E-state index contributed by atoms with van der Waals surface area (Å²) in [6.45, 7) is 8.62. The summed E-state index contributed by atoms with van der Waals surface area (Å²) in [7, 11) is 0. The van der Waals surface area contributed by atoms with Gasteiger partial charge in [-0.3, -0.25) is 0 Å². The van der Waals surface area contributed by atoms with Crippen LogP contribution in [0.5, 0.6) is 0 Å². The lowest BCUT2D eigenvalue weighted by atomic mass is 10.1. The van der Waals surface area contributed by atoms with Crippen molar-refractivity contribution in [3.05, 3.63) is 42.0 Å². The van der Waals surface area contributed by atoms with Crippen LogP contribution in [0.3, 0.4) is 0 Å². The molecule has 1 aromatic carbocycles. The molecule has 0 heterocycles. The Kier molecular flexibility index (Phi) is 6.54. The van der Waals surface area contributed by atoms with Crippen molar-refractivity contribution in [2.24, 2.45) is 0 Å². The van der Waals surface area contributed by atoms with Crippen molar-refractivity contribution in [3.8, 4) is 0 Å². The van der Waals surface area contributed by atoms with Gasteiger partial charge in [0.1, 0.15) is 0 Å². The first kappa shape index (κ1) is 12.9. The quantitative estimate of drug-likeness (QED) is 0.627. The van der Waals surface area contributed by atoms with E-state index in [1.54, 1.807) is 0 Å². The molecule has 1 aromatic rings. The standard InChI is InChI=1S/C14H20O2/c1-3-13-7-5-6-8-14(13)9-10-16-12-11-15-4-2/h3,5-8H,1,4,9-12H2,2H3. The molecule has 16 heavy (non-hydrogen) atoms. The van der Waals surface area contributed by atoms with E-state index in [0.717, 1.165) is 19.6 Å². The van der Waals surface area contributed by atoms with Crippen LogP contribution in [-0.2, 0) is 15.9 Å². The van der Waals surface area contributed by atoms with E-state index in [-0.39, 0.29) is 0 Å². The summed E-state index contributed by atoms with van der Waals surface area (Å²) in [6, 6.07) is 8.25. The van der Waals surface area contributed by atoms with Gasteiger partial charge in [-0.15, -0.1) is 0 Å². The monoisotopic (exact) mass is 220 g/mol. The maximum absolute atomic E-state index is 5.48. The molecule has 0 aliphatic heterocycles. The SMILES string of the molecule is C=Cc1ccccc1CCOCCOCC. The Bertz CT molecular complexity index is 307. The Morgan fingerprint density at radius 3 is 2.62 bits per heavy atom. The smallest absolute Gasteiger partial charge is 0.0700 e. The molecule has 0 aliphatic carbocycles. The molecule has 0 aromatic heterocycles. The average molecular weight is 220 g/mol. The van der Waals surface area contributed by atoms with Crippen LogP contribution in [0.25, 0.3) is 6.08 Å². The minimum Gasteiger partial charge on any atom is -0.379 e. The fraction of sp³-hybridized carbons (Fsp3) is 0.429. The molecule has 0 aliphatic rings. The molecule has 0 bridgehead atoms. The van der Waals surface area contributed by atoms with Gasteiger partial charge in [-0.1, -0.05) is 36.9 Å². The highest BCUT2D eigenvalue weighted by Gasteiger charge is 1.97. The normalized spacial score (nSPS) is 10.3. The van der Waals surface area contributed by atoms with Crippen LogP contribution in [0.15, 0.2) is 30.8 Å². The van der Waals surface area contributed by atoms with Crippen LogP contribution in [0.2, 0.25) is 0 Å². The highest BCUT2D eigenvalue weighted by atomic mass is 16.5. The third kappa shape index (κ3) is 4.60. The second-order valence-corrected chi connectivity index (χ2v) is 3.46. The number of hydrogen-bond acceptors (Lipinski definition) is 2. The van der Waals surface area contributed by atoms with E-state index in [0.29, 0.717) is 13.2 Å². The second kappa shape index (κ2) is 8.08. The molecule has 0 atom stereocenters. The van der Waals surface area contributed by atoms with E-state index in [9.17, 15) is 0 Å². The third-order valence-corrected chi connectivity index (χ3v) is 2.37. The van der Waals surface area contributed by atoms with Gasteiger partial charge >= 0.3 is 0 Å². The zero-order chi connectivity index (χ0) is 11.6. The van der Waals surface area contributed by atoms with Crippen LogP contribution >= 0.6 is 0 Å². The van der Waals surface area contributed by atoms with Gasteiger partial charge in [-0.2, -0.15) is 0 Å². The molecule has 0 radical (unpaired) electrons. The summed E-state index contributed by atoms with van der Waals surface area (Å²) >= 11 is 0. The molecule has 0 N–H and O–H groups in total. The van der Waals surface area contributed by atoms with Crippen molar-refractivity contribution < 1.29 is 9.47 Å². The molecule has 0 amide bonds. The van der Waals surface area contributed by atoms with Gasteiger partial charge in [0, 0.05) is 6.61 Å². The lowest BCUT2D eigenvalue weighted by Gasteiger charge is -2.07. The molecule has 0 spiro atoms. The van der Waals surface area contributed by atoms with Crippen molar-refractivity contribution in [1.82, 2.24) is 0 Å². The lowest BCUT2D eigenvalue weighted by Crippen LogP contribution is -2.06. The van der Waals surface area contributed by atoms with Crippen molar-refractivity contribution in [2.75, 3.05) is 26.4 Å². The van der Waals surface area contributed by atoms with Crippen LogP contribution in [0, 0.1) is 0 Å². The van der Waals surface area contributed by atoms with E-state index in [4.69, 9.17) is 9.47 Å². The highest BCUT2D eigenvalue weighted by Crippen LogP contribution is 2.10. The minimum atomic E-state index is 0.671. The van der Waals surface area contributed by atoms with Gasteiger partial charge in [0.2, 0.25) is 0 Å². The first-order chi connectivity index (χ1) is 7.88. The van der Waals surface area contributed by atoms with Crippen molar-refractivity contribution in [1.29, 1.82) is 0 Å². The second-order valence-electron chi connectivity index (χ2n) is 3.46. The van der Waals surface area contributed by atoms with Gasteiger partial charge < -0.3 is 9.47 Å². The van der Waals surface area contributed by atoms with E-state index < -0.39 is 0 Å². The van der Waals surface area contributed by atoms with E-state index >= 15 is 0 Å². The number of ether oxygens (including phenoxy) is 2. The molecule has 88 valence electrons. The topological polar surface area (TPSA) is 18.5 Å². The van der Waals surface area contributed by atoms with Crippen LogP contribution in [0.4, 0.5) is 0 Å². The summed E-state index contributed by atoms with van der Waals surface area (Å²) in [5.74, 6) is 0. The van der Waals surface area contributed by atoms with E-state index in [1.165, 1.54) is 11.1 Å². The van der Waals surface area contributed by atoms with E-state index in [2.05, 4.69) is 18.7 Å². The van der Waals surface area contributed by atoms with Gasteiger partial charge in [0.05, 0.1) is 19.8 Å². The van der Waals surface area contributed by atoms with Gasteiger partial charge in [-0.25, -0.2) is 0 Å². The van der Waals surface area contributed by atoms with Crippen molar-refractivity contribution in [2.45, 2.75) is 13.3 Å². The summed E-state index contributed by atoms with van der Waals surface area (Å²) in [4.78, 5) is 0. The average Bonchev–Trinajstić information content (AvgIpc) is 2.34. The molecular formula is C14H20O2. The Labute approximate surface area is 97.9 Å². The largest absolute Gasteiger partial charge is 0.379 e. The summed E-state index contributed by atoms with van der Waals surface area (Å²) in [6.07, 6.45) is 2.81. The molecule has 0 unspecified atom stereocenters. The predicted molar refractivity (Wildman–Crippen MR) is 67.5 cm³/mol. The maximum Gasteiger partial charge on any atom is 0.0700 e. The first-order valence-electron chi connectivity index (χ1n) is 5.74. The summed E-state index contributed by atoms with van der Waals surface area (Å²) in [5.41, 5.74) is 2.48. The predicted octanol–water partition coefficient (Wildman–Crippen LogP) is 2.93. The number of hydrogen-bond donors (Lipinski definition) is 0. The maximum atomic E-state index is 5.48. The Morgan fingerprint density at radius 2 is 1.88 bits per heavy atom. The number of benzene rings is 1. The Hall–Kier alpha value is -1.12. The number of rotatable bonds is 8. The highest BCUT2D eigenvalue weighted by molar-refractivity contribution is 5.51. The molecule has 0 fully saturated rings. The Morgan fingerprint density at radius 1 is 1.12 bits per heavy atom. The summed E-state index contributed by atoms with van der Waals surface area (Å²) < 4.78 is 10.7. The van der Waals surface area contributed by atoms with E-state index in [1.807, 2.05) is 25.1 Å². The third-order valence-electron chi connectivity index (χ3n) is 2.37. The fourth-order valence-corrected chi connectivity index (χ4v) is 1.51. The minimum absolute atomic E-state index is 0.671. The fourth-order valence-electron chi connectivity index (χ4n) is 1.51.